The van der Waals surface area contributed by atoms with Gasteiger partial charge in [0, 0.05) is 63.0 Å². The Morgan fingerprint density at radius 1 is 1.07 bits per heavy atom. The van der Waals surface area contributed by atoms with E-state index in [0.717, 1.165) is 38.3 Å². The number of likely N-dealkylation sites (N-methyl/N-ethyl adjacent to an activating group) is 1. The summed E-state index contributed by atoms with van der Waals surface area (Å²) in [6.07, 6.45) is 1.55. The van der Waals surface area contributed by atoms with Crippen LogP contribution in [0.5, 0.6) is 0 Å². The zero-order valence-electron chi connectivity index (χ0n) is 23.8. The number of carbonyl (C=O) groups is 2. The van der Waals surface area contributed by atoms with Gasteiger partial charge in [-0.15, -0.1) is 0 Å². The molecule has 2 amide bonds. The first kappa shape index (κ1) is 30.1. The smallest absolute Gasteiger partial charge is 0.262 e. The van der Waals surface area contributed by atoms with Gasteiger partial charge < -0.3 is 31.6 Å². The molecule has 1 atom stereocenters. The number of carbonyl (C=O) groups excluding carboxylic acids is 2. The van der Waals surface area contributed by atoms with Gasteiger partial charge in [0.25, 0.3) is 17.4 Å². The fraction of sp³-hybridized carbons (Fsp3) is 0.300. The molecule has 0 spiro atoms. The molecule has 5 rings (SSSR count). The van der Waals surface area contributed by atoms with Gasteiger partial charge in [-0.25, -0.2) is 4.98 Å². The van der Waals surface area contributed by atoms with Crippen LogP contribution in [0.2, 0.25) is 5.02 Å². The second-order valence-electron chi connectivity index (χ2n) is 10.4. The van der Waals surface area contributed by atoms with Crippen molar-refractivity contribution in [3.05, 3.63) is 92.9 Å². The Morgan fingerprint density at radius 3 is 2.58 bits per heavy atom. The third-order valence-electron chi connectivity index (χ3n) is 7.36. The van der Waals surface area contributed by atoms with Gasteiger partial charge in [0.2, 0.25) is 5.95 Å². The predicted octanol–water partition coefficient (Wildman–Crippen LogP) is 2.31. The number of anilines is 2. The molecule has 0 aliphatic carbocycles. The van der Waals surface area contributed by atoms with Gasteiger partial charge >= 0.3 is 0 Å². The second-order valence-corrected chi connectivity index (χ2v) is 10.8. The molecule has 12 nitrogen and oxygen atoms in total. The maximum Gasteiger partial charge on any atom is 0.262 e. The lowest BCUT2D eigenvalue weighted by molar-refractivity contribution is 0.0936. The van der Waals surface area contributed by atoms with Crippen LogP contribution in [-0.4, -0.2) is 89.4 Å². The number of H-pyrrole nitrogens is 1. The third kappa shape index (κ3) is 7.54. The zero-order chi connectivity index (χ0) is 30.3. The van der Waals surface area contributed by atoms with Crippen LogP contribution in [0.15, 0.2) is 65.6 Å². The fourth-order valence-electron chi connectivity index (χ4n) is 4.80. The van der Waals surface area contributed by atoms with E-state index in [2.05, 4.69) is 47.7 Å². The first-order chi connectivity index (χ1) is 20.8. The first-order valence-electron chi connectivity index (χ1n) is 14.0. The maximum absolute atomic E-state index is 13.1. The summed E-state index contributed by atoms with van der Waals surface area (Å²) in [4.78, 5) is 55.1. The maximum atomic E-state index is 13.1. The molecule has 43 heavy (non-hydrogen) atoms. The zero-order valence-corrected chi connectivity index (χ0v) is 24.5. The topological polar surface area (TPSA) is 161 Å². The van der Waals surface area contributed by atoms with Crippen molar-refractivity contribution in [2.75, 3.05) is 63.5 Å². The monoisotopic (exact) mass is 603 g/mol. The number of aromatic nitrogens is 3. The summed E-state index contributed by atoms with van der Waals surface area (Å²) in [5, 5.41) is 9.43. The molecule has 6 N–H and O–H groups in total. The average Bonchev–Trinajstić information content (AvgIpc) is 3.01. The van der Waals surface area contributed by atoms with E-state index >= 15 is 0 Å². The molecular formula is C30H34ClN9O3. The number of nitrogens with two attached hydrogens (primary N) is 1. The number of fused-ring (bicyclic) bond motifs is 1. The largest absolute Gasteiger partial charge is 0.353 e. The van der Waals surface area contributed by atoms with Crippen molar-refractivity contribution in [2.45, 2.75) is 6.04 Å². The van der Waals surface area contributed by atoms with Crippen LogP contribution in [0.1, 0.15) is 32.3 Å². The number of hydrogen-bond donors (Lipinski definition) is 5. The molecule has 4 aromatic rings. The van der Waals surface area contributed by atoms with Gasteiger partial charge in [-0.1, -0.05) is 41.9 Å². The van der Waals surface area contributed by atoms with Crippen molar-refractivity contribution in [3.63, 3.8) is 0 Å². The Bertz CT molecular complexity index is 1660. The second kappa shape index (κ2) is 13.7. The van der Waals surface area contributed by atoms with Crippen LogP contribution >= 0.6 is 11.6 Å². The Balaban J connectivity index is 1.25. The van der Waals surface area contributed by atoms with Gasteiger partial charge in [0.15, 0.2) is 0 Å². The Morgan fingerprint density at radius 2 is 1.84 bits per heavy atom. The van der Waals surface area contributed by atoms with Crippen molar-refractivity contribution in [3.8, 4) is 0 Å². The third-order valence-corrected chi connectivity index (χ3v) is 7.69. The molecular weight excluding hydrogens is 570 g/mol. The minimum Gasteiger partial charge on any atom is -0.353 e. The number of rotatable bonds is 10. The van der Waals surface area contributed by atoms with E-state index in [0.29, 0.717) is 23.5 Å². The van der Waals surface area contributed by atoms with Crippen LogP contribution in [0.25, 0.3) is 11.0 Å². The number of amides is 2. The SMILES string of the molecule is CN1CCN(CCNc2ncc3cc(C(=O)Nc4cc(C(=O)NC(CN)c5ccccc5)ccc4Cl)c(=O)[nH]c3n2)CC1. The molecule has 1 saturated heterocycles. The van der Waals surface area contributed by atoms with Crippen LogP contribution in [0, 0.1) is 0 Å². The summed E-state index contributed by atoms with van der Waals surface area (Å²) in [6.45, 7) is 5.84. The summed E-state index contributed by atoms with van der Waals surface area (Å²) in [5.74, 6) is -0.693. The van der Waals surface area contributed by atoms with E-state index in [4.69, 9.17) is 17.3 Å². The molecule has 2 aromatic heterocycles. The van der Waals surface area contributed by atoms with Gasteiger partial charge in [0.05, 0.1) is 16.8 Å². The summed E-state index contributed by atoms with van der Waals surface area (Å²) in [7, 11) is 2.12. The van der Waals surface area contributed by atoms with Crippen molar-refractivity contribution >= 4 is 46.1 Å². The van der Waals surface area contributed by atoms with E-state index in [1.807, 2.05) is 30.3 Å². The Kier molecular flexibility index (Phi) is 9.62. The molecule has 13 heteroatoms. The standard InChI is InChI=1S/C30H34ClN9O3/c1-39-11-13-40(14-12-39)10-9-33-30-34-18-21-15-22(29(43)37-26(21)38-30)28(42)35-24-16-20(7-8-23(24)31)27(41)36-25(17-32)19-5-3-2-4-6-19/h2-8,15-16,18,25H,9-14,17,32H2,1H3,(H,35,42)(H,36,41)(H2,33,34,37,38,43). The molecule has 1 aliphatic rings. The van der Waals surface area contributed by atoms with Crippen LogP contribution in [-0.2, 0) is 0 Å². The first-order valence-corrected chi connectivity index (χ1v) is 14.4. The number of nitrogens with one attached hydrogen (secondary N) is 4. The Labute approximate surface area is 253 Å². The Hall–Kier alpha value is -4.36. The molecule has 1 fully saturated rings. The van der Waals surface area contributed by atoms with Crippen molar-refractivity contribution in [1.29, 1.82) is 0 Å². The van der Waals surface area contributed by atoms with E-state index in [9.17, 15) is 14.4 Å². The average molecular weight is 604 g/mol. The van der Waals surface area contributed by atoms with E-state index < -0.39 is 17.5 Å². The highest BCUT2D eigenvalue weighted by Gasteiger charge is 2.19. The predicted molar refractivity (Wildman–Crippen MR) is 168 cm³/mol. The number of piperazine rings is 1. The van der Waals surface area contributed by atoms with Crippen molar-refractivity contribution in [1.82, 2.24) is 30.1 Å². The molecule has 0 bridgehead atoms. The van der Waals surface area contributed by atoms with Crippen LogP contribution in [0.3, 0.4) is 0 Å². The van der Waals surface area contributed by atoms with E-state index in [1.54, 1.807) is 12.3 Å². The number of hydrogen-bond acceptors (Lipinski definition) is 9. The van der Waals surface area contributed by atoms with E-state index in [-0.39, 0.29) is 34.3 Å². The number of halogens is 1. The highest BCUT2D eigenvalue weighted by atomic mass is 35.5. The summed E-state index contributed by atoms with van der Waals surface area (Å²) in [6, 6.07) is 14.9. The van der Waals surface area contributed by atoms with E-state index in [1.165, 1.54) is 18.2 Å². The van der Waals surface area contributed by atoms with Crippen molar-refractivity contribution < 1.29 is 9.59 Å². The minimum atomic E-state index is -0.693. The molecule has 224 valence electrons. The lowest BCUT2D eigenvalue weighted by Gasteiger charge is -2.32. The highest BCUT2D eigenvalue weighted by molar-refractivity contribution is 6.34. The number of aromatic amines is 1. The summed E-state index contributed by atoms with van der Waals surface area (Å²) >= 11 is 6.33. The lowest BCUT2D eigenvalue weighted by Crippen LogP contribution is -2.45. The number of pyridine rings is 1. The quantitative estimate of drug-likeness (QED) is 0.183. The van der Waals surface area contributed by atoms with Crippen LogP contribution < -0.4 is 27.2 Å². The fourth-order valence-corrected chi connectivity index (χ4v) is 4.97. The lowest BCUT2D eigenvalue weighted by atomic mass is 10.1. The minimum absolute atomic E-state index is 0.148. The summed E-state index contributed by atoms with van der Waals surface area (Å²) < 4.78 is 0. The highest BCUT2D eigenvalue weighted by Crippen LogP contribution is 2.24. The number of nitrogens with zero attached hydrogens (tertiary/aromatic N) is 4. The molecule has 3 heterocycles. The molecule has 1 unspecified atom stereocenters. The summed E-state index contributed by atoms with van der Waals surface area (Å²) in [5.41, 5.74) is 6.75. The molecule has 2 aromatic carbocycles. The van der Waals surface area contributed by atoms with Gasteiger partial charge in [0.1, 0.15) is 11.2 Å². The normalized spacial score (nSPS) is 14.8. The molecule has 0 saturated carbocycles. The molecule has 0 radical (unpaired) electrons. The van der Waals surface area contributed by atoms with Gasteiger partial charge in [-0.3, -0.25) is 19.3 Å². The van der Waals surface area contributed by atoms with Crippen LogP contribution in [0.4, 0.5) is 11.6 Å². The molecule has 1 aliphatic heterocycles. The van der Waals surface area contributed by atoms with Gasteiger partial charge in [-0.05, 0) is 36.9 Å². The van der Waals surface area contributed by atoms with Gasteiger partial charge in [-0.2, -0.15) is 4.98 Å². The number of benzene rings is 2. The van der Waals surface area contributed by atoms with Crippen molar-refractivity contribution in [2.24, 2.45) is 5.73 Å².